The Labute approximate surface area is 146 Å². The molecular formula is C17H23ClN4O2. The number of halogens is 1. The maximum atomic E-state index is 12.2. The van der Waals surface area contributed by atoms with Gasteiger partial charge in [0.05, 0.1) is 24.0 Å². The van der Waals surface area contributed by atoms with Crippen molar-refractivity contribution in [3.8, 4) is 0 Å². The number of carbonyl (C=O) groups excluding carboxylic acids is 1. The second-order valence-electron chi connectivity index (χ2n) is 6.78. The van der Waals surface area contributed by atoms with Crippen molar-refractivity contribution in [2.75, 3.05) is 13.1 Å². The van der Waals surface area contributed by atoms with Crippen LogP contribution in [-0.2, 0) is 11.3 Å². The van der Waals surface area contributed by atoms with E-state index in [0.29, 0.717) is 34.8 Å². The maximum Gasteiger partial charge on any atom is 0.258 e. The first-order valence-electron chi connectivity index (χ1n) is 7.90. The number of rotatable bonds is 5. The summed E-state index contributed by atoms with van der Waals surface area (Å²) in [6.45, 7) is 9.06. The van der Waals surface area contributed by atoms with Gasteiger partial charge in [0.1, 0.15) is 5.82 Å². The van der Waals surface area contributed by atoms with Crippen LogP contribution < -0.4 is 10.9 Å². The van der Waals surface area contributed by atoms with Crippen molar-refractivity contribution in [2.24, 2.45) is 0 Å². The summed E-state index contributed by atoms with van der Waals surface area (Å²) in [7, 11) is 0. The van der Waals surface area contributed by atoms with Crippen molar-refractivity contribution in [1.82, 2.24) is 20.2 Å². The number of H-pyrrole nitrogens is 1. The maximum absolute atomic E-state index is 12.2. The van der Waals surface area contributed by atoms with Gasteiger partial charge in [-0.05, 0) is 45.5 Å². The van der Waals surface area contributed by atoms with Gasteiger partial charge in [-0.15, -0.1) is 0 Å². The Morgan fingerprint density at radius 3 is 2.71 bits per heavy atom. The fraction of sp³-hybridized carbons (Fsp3) is 0.471. The van der Waals surface area contributed by atoms with Gasteiger partial charge >= 0.3 is 0 Å². The average Bonchev–Trinajstić information content (AvgIpc) is 2.43. The molecule has 2 aromatic rings. The highest BCUT2D eigenvalue weighted by molar-refractivity contribution is 6.31. The summed E-state index contributed by atoms with van der Waals surface area (Å²) < 4.78 is 0. The van der Waals surface area contributed by atoms with Gasteiger partial charge in [0.15, 0.2) is 0 Å². The lowest BCUT2D eigenvalue weighted by Gasteiger charge is -2.24. The molecule has 2 N–H and O–H groups in total. The predicted molar refractivity (Wildman–Crippen MR) is 96.2 cm³/mol. The first kappa shape index (κ1) is 18.4. The zero-order valence-corrected chi connectivity index (χ0v) is 15.2. The molecule has 7 heteroatoms. The summed E-state index contributed by atoms with van der Waals surface area (Å²) in [5.41, 5.74) is 0.0706. The Kier molecular flexibility index (Phi) is 5.62. The van der Waals surface area contributed by atoms with E-state index in [1.807, 2.05) is 32.6 Å². The van der Waals surface area contributed by atoms with Gasteiger partial charge in [-0.2, -0.15) is 0 Å². The summed E-state index contributed by atoms with van der Waals surface area (Å²) in [4.78, 5) is 33.4. The second-order valence-corrected chi connectivity index (χ2v) is 7.21. The van der Waals surface area contributed by atoms with E-state index in [0.717, 1.165) is 0 Å². The van der Waals surface area contributed by atoms with Crippen LogP contribution >= 0.6 is 11.6 Å². The number of likely N-dealkylation sites (N-methyl/N-ethyl adjacent to an activating group) is 1. The van der Waals surface area contributed by atoms with Crippen LogP contribution in [0.25, 0.3) is 10.9 Å². The molecule has 6 nitrogen and oxygen atoms in total. The zero-order chi connectivity index (χ0) is 17.9. The number of nitrogens with zero attached hydrogens (tertiary/aromatic N) is 2. The van der Waals surface area contributed by atoms with Crippen molar-refractivity contribution in [2.45, 2.75) is 39.8 Å². The summed E-state index contributed by atoms with van der Waals surface area (Å²) in [6, 6.07) is 4.98. The third kappa shape index (κ3) is 5.04. The standard InChI is InChI=1S/C17H23ClN4O2/c1-5-22(10-15(23)21-17(2,3)4)9-14-19-13-8-11(18)6-7-12(13)16(24)20-14/h6-8H,5,9-10H2,1-4H3,(H,21,23)(H,19,20,24). The number of aromatic nitrogens is 2. The molecular weight excluding hydrogens is 328 g/mol. The molecule has 0 aliphatic carbocycles. The molecule has 1 aromatic carbocycles. The summed E-state index contributed by atoms with van der Waals surface area (Å²) >= 11 is 5.97. The van der Waals surface area contributed by atoms with Crippen molar-refractivity contribution >= 4 is 28.4 Å². The largest absolute Gasteiger partial charge is 0.350 e. The molecule has 0 atom stereocenters. The third-order valence-corrected chi connectivity index (χ3v) is 3.65. The van der Waals surface area contributed by atoms with Gasteiger partial charge < -0.3 is 10.3 Å². The van der Waals surface area contributed by atoms with Crippen molar-refractivity contribution in [3.05, 3.63) is 39.4 Å². The monoisotopic (exact) mass is 350 g/mol. The van der Waals surface area contributed by atoms with Crippen LogP contribution in [0, 0.1) is 0 Å². The van der Waals surface area contributed by atoms with Crippen LogP contribution in [-0.4, -0.2) is 39.4 Å². The molecule has 0 bridgehead atoms. The number of amides is 1. The minimum Gasteiger partial charge on any atom is -0.350 e. The van der Waals surface area contributed by atoms with Gasteiger partial charge in [0.2, 0.25) is 5.91 Å². The average molecular weight is 351 g/mol. The molecule has 0 unspecified atom stereocenters. The fourth-order valence-corrected chi connectivity index (χ4v) is 2.55. The SMILES string of the molecule is CCN(CC(=O)NC(C)(C)C)Cc1nc2cc(Cl)ccc2c(=O)[nH]1. The topological polar surface area (TPSA) is 78.1 Å². The zero-order valence-electron chi connectivity index (χ0n) is 14.4. The number of aromatic amines is 1. The van der Waals surface area contributed by atoms with Gasteiger partial charge in [-0.3, -0.25) is 14.5 Å². The molecule has 1 amide bonds. The highest BCUT2D eigenvalue weighted by atomic mass is 35.5. The predicted octanol–water partition coefficient (Wildman–Crippen LogP) is 2.31. The molecule has 24 heavy (non-hydrogen) atoms. The summed E-state index contributed by atoms with van der Waals surface area (Å²) in [5.74, 6) is 0.454. The second kappa shape index (κ2) is 7.32. The van der Waals surface area contributed by atoms with Crippen molar-refractivity contribution in [1.29, 1.82) is 0 Å². The highest BCUT2D eigenvalue weighted by Crippen LogP contribution is 2.15. The van der Waals surface area contributed by atoms with E-state index in [9.17, 15) is 9.59 Å². The molecule has 0 spiro atoms. The first-order valence-corrected chi connectivity index (χ1v) is 8.27. The quantitative estimate of drug-likeness (QED) is 0.867. The van der Waals surface area contributed by atoms with Crippen LogP contribution in [0.3, 0.4) is 0 Å². The van der Waals surface area contributed by atoms with E-state index in [4.69, 9.17) is 11.6 Å². The Hall–Kier alpha value is -1.92. The van der Waals surface area contributed by atoms with Gasteiger partial charge in [-0.25, -0.2) is 4.98 Å². The fourth-order valence-electron chi connectivity index (χ4n) is 2.39. The van der Waals surface area contributed by atoms with E-state index in [1.165, 1.54) is 0 Å². The molecule has 1 aromatic heterocycles. The summed E-state index contributed by atoms with van der Waals surface area (Å²) in [6.07, 6.45) is 0. The third-order valence-electron chi connectivity index (χ3n) is 3.42. The molecule has 0 radical (unpaired) electrons. The van der Waals surface area contributed by atoms with Crippen LogP contribution in [0.15, 0.2) is 23.0 Å². The van der Waals surface area contributed by atoms with E-state index in [2.05, 4.69) is 15.3 Å². The molecule has 0 saturated carbocycles. The van der Waals surface area contributed by atoms with E-state index >= 15 is 0 Å². The van der Waals surface area contributed by atoms with Crippen molar-refractivity contribution in [3.63, 3.8) is 0 Å². The smallest absolute Gasteiger partial charge is 0.258 e. The lowest BCUT2D eigenvalue weighted by Crippen LogP contribution is -2.45. The first-order chi connectivity index (χ1) is 11.2. The Bertz CT molecular complexity index is 795. The minimum atomic E-state index is -0.275. The Morgan fingerprint density at radius 1 is 1.38 bits per heavy atom. The number of hydrogen-bond donors (Lipinski definition) is 2. The number of carbonyl (C=O) groups is 1. The number of hydrogen-bond acceptors (Lipinski definition) is 4. The van der Waals surface area contributed by atoms with E-state index in [-0.39, 0.29) is 23.6 Å². The molecule has 0 fully saturated rings. The molecule has 0 aliphatic rings. The molecule has 130 valence electrons. The van der Waals surface area contributed by atoms with E-state index in [1.54, 1.807) is 18.2 Å². The lowest BCUT2D eigenvalue weighted by molar-refractivity contribution is -0.123. The number of benzene rings is 1. The molecule has 0 aliphatic heterocycles. The molecule has 1 heterocycles. The van der Waals surface area contributed by atoms with Gasteiger partial charge in [0.25, 0.3) is 5.56 Å². The minimum absolute atomic E-state index is 0.0597. The van der Waals surface area contributed by atoms with Gasteiger partial charge in [0, 0.05) is 10.6 Å². The van der Waals surface area contributed by atoms with Crippen LogP contribution in [0.4, 0.5) is 0 Å². The van der Waals surface area contributed by atoms with Crippen LogP contribution in [0.2, 0.25) is 5.02 Å². The Balaban J connectivity index is 2.17. The van der Waals surface area contributed by atoms with Gasteiger partial charge in [-0.1, -0.05) is 18.5 Å². The van der Waals surface area contributed by atoms with E-state index < -0.39 is 0 Å². The normalized spacial score (nSPS) is 11.9. The van der Waals surface area contributed by atoms with Crippen molar-refractivity contribution < 1.29 is 4.79 Å². The highest BCUT2D eigenvalue weighted by Gasteiger charge is 2.17. The number of nitrogens with one attached hydrogen (secondary N) is 2. The molecule has 2 rings (SSSR count). The number of fused-ring (bicyclic) bond motifs is 1. The Morgan fingerprint density at radius 2 is 2.08 bits per heavy atom. The van der Waals surface area contributed by atoms with Crippen LogP contribution in [0.1, 0.15) is 33.5 Å². The summed E-state index contributed by atoms with van der Waals surface area (Å²) in [5, 5.41) is 3.96. The lowest BCUT2D eigenvalue weighted by atomic mass is 10.1. The molecule has 0 saturated heterocycles. The van der Waals surface area contributed by atoms with Crippen LogP contribution in [0.5, 0.6) is 0 Å².